The van der Waals surface area contributed by atoms with Gasteiger partial charge in [-0.2, -0.15) is 0 Å². The van der Waals surface area contributed by atoms with Crippen LogP contribution in [0.4, 0.5) is 5.69 Å². The number of amides is 2. The second kappa shape index (κ2) is 6.57. The van der Waals surface area contributed by atoms with Crippen molar-refractivity contribution in [2.24, 2.45) is 0 Å². The summed E-state index contributed by atoms with van der Waals surface area (Å²) < 4.78 is 6.26. The van der Waals surface area contributed by atoms with Gasteiger partial charge >= 0.3 is 5.97 Å². The molecule has 2 aliphatic heterocycles. The first-order valence-corrected chi connectivity index (χ1v) is 9.01. The lowest BCUT2D eigenvalue weighted by Crippen LogP contribution is -2.43. The number of nitrogens with zero attached hydrogens (tertiary/aromatic N) is 1. The molecule has 1 N–H and O–H groups in total. The molecular weight excluding hydrogens is 400 g/mol. The number of ether oxygens (including phenoxy) is 1. The van der Waals surface area contributed by atoms with Crippen molar-refractivity contribution in [3.63, 3.8) is 0 Å². The van der Waals surface area contributed by atoms with Crippen molar-refractivity contribution in [3.05, 3.63) is 64.1 Å². The zero-order valence-electron chi connectivity index (χ0n) is 13.6. The minimum Gasteiger partial charge on any atom is -0.433 e. The minimum atomic E-state index is -0.855. The smallest absolute Gasteiger partial charge is 0.340 e. The van der Waals surface area contributed by atoms with E-state index >= 15 is 0 Å². The highest BCUT2D eigenvalue weighted by Crippen LogP contribution is 2.38. The number of hydrogen-bond donors (Lipinski definition) is 1. The van der Waals surface area contributed by atoms with Gasteiger partial charge in [-0.25, -0.2) is 4.79 Å². The predicted molar refractivity (Wildman–Crippen MR) is 97.2 cm³/mol. The zero-order chi connectivity index (χ0) is 18.3. The molecule has 26 heavy (non-hydrogen) atoms. The van der Waals surface area contributed by atoms with Gasteiger partial charge < -0.3 is 10.1 Å². The summed E-state index contributed by atoms with van der Waals surface area (Å²) in [7, 11) is 0. The van der Waals surface area contributed by atoms with Crippen LogP contribution in [-0.4, -0.2) is 28.7 Å². The molecule has 2 aliphatic rings. The Kier molecular flexibility index (Phi) is 4.24. The Hall–Kier alpha value is -2.67. The number of rotatable bonds is 3. The molecule has 0 aromatic heterocycles. The minimum absolute atomic E-state index is 0.200. The van der Waals surface area contributed by atoms with Crippen LogP contribution in [0, 0.1) is 0 Å². The molecule has 1 fully saturated rings. The van der Waals surface area contributed by atoms with Crippen LogP contribution in [0.5, 0.6) is 0 Å². The number of cyclic esters (lactones) is 1. The number of carbonyl (C=O) groups is 3. The maximum atomic E-state index is 12.8. The van der Waals surface area contributed by atoms with Crippen LogP contribution < -0.4 is 5.32 Å². The lowest BCUT2D eigenvalue weighted by Gasteiger charge is -2.29. The molecule has 0 spiro atoms. The standard InChI is InChI=1S/C19H15BrN2O4/c20-11-4-3-5-12(10-11)21-17(24)15-8-9-16(23)22(15)18-13-6-1-2-7-14(13)19(25)26-18/h1-7,10,15,18H,8-9H2,(H,21,24)/t15-,18-/m0/s1. The number of hydrogen-bond acceptors (Lipinski definition) is 4. The molecule has 2 heterocycles. The largest absolute Gasteiger partial charge is 0.433 e. The van der Waals surface area contributed by atoms with Gasteiger partial charge in [-0.05, 0) is 30.7 Å². The second-order valence-corrected chi connectivity index (χ2v) is 7.12. The van der Waals surface area contributed by atoms with Crippen molar-refractivity contribution in [2.75, 3.05) is 5.32 Å². The number of likely N-dealkylation sites (tertiary alicyclic amines) is 1. The van der Waals surface area contributed by atoms with Crippen molar-refractivity contribution < 1.29 is 19.1 Å². The van der Waals surface area contributed by atoms with E-state index in [0.717, 1.165) is 4.47 Å². The first kappa shape index (κ1) is 16.8. The maximum Gasteiger partial charge on any atom is 0.340 e. The van der Waals surface area contributed by atoms with Crippen molar-refractivity contribution in [1.29, 1.82) is 0 Å². The predicted octanol–water partition coefficient (Wildman–Crippen LogP) is 3.25. The van der Waals surface area contributed by atoms with Gasteiger partial charge in [-0.15, -0.1) is 0 Å². The first-order chi connectivity index (χ1) is 12.5. The fourth-order valence-electron chi connectivity index (χ4n) is 3.38. The molecule has 6 nitrogen and oxygen atoms in total. The molecule has 0 saturated carbocycles. The van der Waals surface area contributed by atoms with E-state index in [9.17, 15) is 14.4 Å². The summed E-state index contributed by atoms with van der Waals surface area (Å²) in [4.78, 5) is 38.7. The summed E-state index contributed by atoms with van der Waals surface area (Å²) in [5.41, 5.74) is 1.68. The number of anilines is 1. The molecule has 132 valence electrons. The van der Waals surface area contributed by atoms with Crippen LogP contribution in [0.3, 0.4) is 0 Å². The first-order valence-electron chi connectivity index (χ1n) is 8.22. The van der Waals surface area contributed by atoms with E-state index in [-0.39, 0.29) is 18.2 Å². The third-order valence-electron chi connectivity index (χ3n) is 4.57. The quantitative estimate of drug-likeness (QED) is 0.782. The monoisotopic (exact) mass is 414 g/mol. The Balaban J connectivity index is 1.60. The van der Waals surface area contributed by atoms with E-state index in [1.165, 1.54) is 4.90 Å². The van der Waals surface area contributed by atoms with Crippen LogP contribution in [0.2, 0.25) is 0 Å². The molecule has 2 aromatic carbocycles. The lowest BCUT2D eigenvalue weighted by molar-refractivity contribution is -0.144. The Labute approximate surface area is 158 Å². The van der Waals surface area contributed by atoms with Crippen molar-refractivity contribution in [3.8, 4) is 0 Å². The molecule has 4 rings (SSSR count). The average Bonchev–Trinajstić information content (AvgIpc) is 3.15. The number of fused-ring (bicyclic) bond motifs is 1. The Morgan fingerprint density at radius 3 is 2.77 bits per heavy atom. The number of halogens is 1. The third kappa shape index (κ3) is 2.88. The Morgan fingerprint density at radius 2 is 1.96 bits per heavy atom. The van der Waals surface area contributed by atoms with Crippen LogP contribution in [0.25, 0.3) is 0 Å². The van der Waals surface area contributed by atoms with E-state index in [4.69, 9.17) is 4.74 Å². The van der Waals surface area contributed by atoms with Gasteiger partial charge in [0.1, 0.15) is 6.04 Å². The topological polar surface area (TPSA) is 75.7 Å². The van der Waals surface area contributed by atoms with Crippen molar-refractivity contribution in [2.45, 2.75) is 25.1 Å². The highest BCUT2D eigenvalue weighted by Gasteiger charge is 2.46. The van der Waals surface area contributed by atoms with Crippen LogP contribution in [0.15, 0.2) is 53.0 Å². The van der Waals surface area contributed by atoms with Gasteiger partial charge in [0.15, 0.2) is 0 Å². The molecule has 7 heteroatoms. The molecule has 2 amide bonds. The number of esters is 1. The van der Waals surface area contributed by atoms with Crippen LogP contribution in [-0.2, 0) is 14.3 Å². The molecule has 0 radical (unpaired) electrons. The fourth-order valence-corrected chi connectivity index (χ4v) is 3.78. The normalized spacial score (nSPS) is 21.5. The number of nitrogens with one attached hydrogen (secondary N) is 1. The van der Waals surface area contributed by atoms with E-state index in [1.54, 1.807) is 36.4 Å². The van der Waals surface area contributed by atoms with E-state index in [2.05, 4.69) is 21.2 Å². The maximum absolute atomic E-state index is 12.8. The molecule has 1 saturated heterocycles. The van der Waals surface area contributed by atoms with E-state index in [0.29, 0.717) is 23.2 Å². The molecular formula is C19H15BrN2O4. The van der Waals surface area contributed by atoms with Crippen LogP contribution in [0.1, 0.15) is 35.0 Å². The molecule has 2 aromatic rings. The fraction of sp³-hybridized carbons (Fsp3) is 0.211. The molecule has 2 atom stereocenters. The van der Waals surface area contributed by atoms with Gasteiger partial charge in [-0.1, -0.05) is 40.2 Å². The Bertz CT molecular complexity index is 914. The van der Waals surface area contributed by atoms with Gasteiger partial charge in [0, 0.05) is 22.1 Å². The summed E-state index contributed by atoms with van der Waals surface area (Å²) in [6.45, 7) is 0. The summed E-state index contributed by atoms with van der Waals surface area (Å²) in [5.74, 6) is -0.972. The number of carbonyl (C=O) groups excluding carboxylic acids is 3. The van der Waals surface area contributed by atoms with Gasteiger partial charge in [0.05, 0.1) is 5.56 Å². The SMILES string of the molecule is O=C1O[C@H](N2C(=O)CC[C@H]2C(=O)Nc2cccc(Br)c2)c2ccccc21. The van der Waals surface area contributed by atoms with Gasteiger partial charge in [0.2, 0.25) is 18.0 Å². The second-order valence-electron chi connectivity index (χ2n) is 6.20. The number of benzene rings is 2. The van der Waals surface area contributed by atoms with Gasteiger partial charge in [0.25, 0.3) is 0 Å². The van der Waals surface area contributed by atoms with E-state index < -0.39 is 18.2 Å². The molecule has 0 unspecified atom stereocenters. The van der Waals surface area contributed by atoms with Crippen molar-refractivity contribution >= 4 is 39.4 Å². The summed E-state index contributed by atoms with van der Waals surface area (Å²) in [5, 5.41) is 2.83. The molecule has 0 aliphatic carbocycles. The summed E-state index contributed by atoms with van der Waals surface area (Å²) >= 11 is 3.36. The molecule has 0 bridgehead atoms. The third-order valence-corrected chi connectivity index (χ3v) is 5.06. The summed E-state index contributed by atoms with van der Waals surface area (Å²) in [6, 6.07) is 13.5. The highest BCUT2D eigenvalue weighted by atomic mass is 79.9. The van der Waals surface area contributed by atoms with Gasteiger partial charge in [-0.3, -0.25) is 14.5 Å². The average molecular weight is 415 g/mol. The lowest BCUT2D eigenvalue weighted by atomic mass is 10.1. The van der Waals surface area contributed by atoms with Crippen LogP contribution >= 0.6 is 15.9 Å². The summed E-state index contributed by atoms with van der Waals surface area (Å²) in [6.07, 6.45) is -0.228. The highest BCUT2D eigenvalue weighted by molar-refractivity contribution is 9.10. The Morgan fingerprint density at radius 1 is 1.15 bits per heavy atom. The zero-order valence-corrected chi connectivity index (χ0v) is 15.2. The van der Waals surface area contributed by atoms with E-state index in [1.807, 2.05) is 12.1 Å². The van der Waals surface area contributed by atoms with Crippen molar-refractivity contribution in [1.82, 2.24) is 4.90 Å².